The molecule has 2 rings (SSSR count). The van der Waals surface area contributed by atoms with Crippen LogP contribution in [-0.2, 0) is 4.79 Å². The molecule has 0 aromatic rings. The molecule has 0 aliphatic heterocycles. The van der Waals surface area contributed by atoms with Crippen molar-refractivity contribution in [1.82, 2.24) is 0 Å². The molecule has 0 heterocycles. The second-order valence-corrected chi connectivity index (χ2v) is 8.25. The lowest BCUT2D eigenvalue weighted by Gasteiger charge is -2.41. The van der Waals surface area contributed by atoms with Gasteiger partial charge in [0, 0.05) is 18.3 Å². The van der Waals surface area contributed by atoms with Crippen LogP contribution < -0.4 is 0 Å². The molecule has 2 fully saturated rings. The molecule has 5 atom stereocenters. The lowest BCUT2D eigenvalue weighted by Crippen LogP contribution is -2.39. The van der Waals surface area contributed by atoms with Crippen molar-refractivity contribution >= 4 is 5.78 Å². The Morgan fingerprint density at radius 1 is 1.29 bits per heavy atom. The predicted octanol–water partition coefficient (Wildman–Crippen LogP) is 4.37. The molecule has 1 unspecified atom stereocenters. The highest BCUT2D eigenvalue weighted by molar-refractivity contribution is 5.83. The molecule has 0 radical (unpaired) electrons. The Balaban J connectivity index is 2.08. The first-order chi connectivity index (χ1) is 9.66. The van der Waals surface area contributed by atoms with Crippen molar-refractivity contribution in [2.24, 2.45) is 29.1 Å². The predicted molar refractivity (Wildman–Crippen MR) is 86.9 cm³/mol. The van der Waals surface area contributed by atoms with Gasteiger partial charge in [-0.25, -0.2) is 0 Å². The van der Waals surface area contributed by atoms with Gasteiger partial charge in [0.1, 0.15) is 5.78 Å². The van der Waals surface area contributed by atoms with Gasteiger partial charge in [-0.1, -0.05) is 32.9 Å². The molecule has 0 amide bonds. The molecule has 2 nitrogen and oxygen atoms in total. The Bertz CT molecular complexity index is 418. The van der Waals surface area contributed by atoms with Gasteiger partial charge in [-0.2, -0.15) is 0 Å². The molecule has 2 heteroatoms. The van der Waals surface area contributed by atoms with Gasteiger partial charge in [0.25, 0.3) is 0 Å². The first-order valence-electron chi connectivity index (χ1n) is 8.59. The summed E-state index contributed by atoms with van der Waals surface area (Å²) in [7, 11) is 0. The maximum Gasteiger partial charge on any atom is 0.136 e. The Labute approximate surface area is 130 Å². The van der Waals surface area contributed by atoms with Crippen LogP contribution in [-0.4, -0.2) is 16.5 Å². The van der Waals surface area contributed by atoms with E-state index in [-0.39, 0.29) is 11.3 Å². The van der Waals surface area contributed by atoms with E-state index in [1.165, 1.54) is 12.8 Å². The van der Waals surface area contributed by atoms with Crippen molar-refractivity contribution in [1.29, 1.82) is 0 Å². The van der Waals surface area contributed by atoms with Crippen molar-refractivity contribution in [3.05, 3.63) is 12.2 Å². The third-order valence-corrected chi connectivity index (χ3v) is 6.39. The molecular weight excluding hydrogens is 260 g/mol. The summed E-state index contributed by atoms with van der Waals surface area (Å²) in [5, 5.41) is 10.0. The highest BCUT2D eigenvalue weighted by Crippen LogP contribution is 2.56. The monoisotopic (exact) mass is 292 g/mol. The molecule has 21 heavy (non-hydrogen) atoms. The van der Waals surface area contributed by atoms with Crippen molar-refractivity contribution in [3.63, 3.8) is 0 Å². The minimum Gasteiger partial charge on any atom is -0.390 e. The summed E-state index contributed by atoms with van der Waals surface area (Å²) >= 11 is 0. The fourth-order valence-electron chi connectivity index (χ4n) is 4.55. The lowest BCUT2D eigenvalue weighted by molar-refractivity contribution is -0.129. The van der Waals surface area contributed by atoms with Crippen molar-refractivity contribution < 1.29 is 9.90 Å². The van der Waals surface area contributed by atoms with Crippen LogP contribution in [0.5, 0.6) is 0 Å². The third kappa shape index (κ3) is 3.26. The van der Waals surface area contributed by atoms with E-state index < -0.39 is 5.60 Å². The van der Waals surface area contributed by atoms with Gasteiger partial charge in [0.15, 0.2) is 0 Å². The van der Waals surface area contributed by atoms with Crippen molar-refractivity contribution in [2.45, 2.75) is 72.3 Å². The zero-order chi connectivity index (χ0) is 15.8. The van der Waals surface area contributed by atoms with Gasteiger partial charge >= 0.3 is 0 Å². The molecule has 2 aliphatic carbocycles. The molecule has 0 aromatic heterocycles. The van der Waals surface area contributed by atoms with Crippen LogP contribution in [0.3, 0.4) is 0 Å². The second kappa shape index (κ2) is 5.87. The summed E-state index contributed by atoms with van der Waals surface area (Å²) in [5.74, 6) is 2.05. The topological polar surface area (TPSA) is 37.3 Å². The number of aliphatic hydroxyl groups is 1. The van der Waals surface area contributed by atoms with Gasteiger partial charge in [0.05, 0.1) is 5.60 Å². The first kappa shape index (κ1) is 16.7. The van der Waals surface area contributed by atoms with E-state index in [2.05, 4.69) is 32.9 Å². The number of hydrogen-bond donors (Lipinski definition) is 1. The molecule has 0 aromatic carbocycles. The van der Waals surface area contributed by atoms with Crippen LogP contribution in [0.4, 0.5) is 0 Å². The van der Waals surface area contributed by atoms with Gasteiger partial charge in [0.2, 0.25) is 0 Å². The fourth-order valence-corrected chi connectivity index (χ4v) is 4.55. The summed E-state index contributed by atoms with van der Waals surface area (Å²) in [6.07, 6.45) is 9.76. The van der Waals surface area contributed by atoms with Gasteiger partial charge in [-0.15, -0.1) is 0 Å². The van der Waals surface area contributed by atoms with E-state index in [0.29, 0.717) is 23.5 Å². The normalized spacial score (nSPS) is 36.8. The summed E-state index contributed by atoms with van der Waals surface area (Å²) in [5.41, 5.74) is -0.462. The molecule has 0 saturated heterocycles. The zero-order valence-corrected chi connectivity index (χ0v) is 14.4. The smallest absolute Gasteiger partial charge is 0.136 e. The van der Waals surface area contributed by atoms with Crippen LogP contribution in [0.15, 0.2) is 12.2 Å². The van der Waals surface area contributed by atoms with Gasteiger partial charge in [-0.05, 0) is 56.8 Å². The molecular formula is C19H32O2. The van der Waals surface area contributed by atoms with Crippen molar-refractivity contribution in [2.75, 3.05) is 0 Å². The largest absolute Gasteiger partial charge is 0.390 e. The number of Topliss-reactive ketones (excluding diaryl/α,β-unsaturated/α-hetero) is 1. The Morgan fingerprint density at radius 3 is 2.57 bits per heavy atom. The summed E-state index contributed by atoms with van der Waals surface area (Å²) < 4.78 is 0. The number of carbonyl (C=O) groups excluding carboxylic acids is 1. The van der Waals surface area contributed by atoms with E-state index in [4.69, 9.17) is 0 Å². The van der Waals surface area contributed by atoms with E-state index in [0.717, 1.165) is 19.3 Å². The average Bonchev–Trinajstić information content (AvgIpc) is 2.73. The van der Waals surface area contributed by atoms with Crippen LogP contribution in [0.1, 0.15) is 66.7 Å². The molecule has 0 spiro atoms. The average molecular weight is 292 g/mol. The number of hydrogen-bond acceptors (Lipinski definition) is 2. The number of ketones is 1. The summed E-state index contributed by atoms with van der Waals surface area (Å²) in [6, 6.07) is 0. The third-order valence-electron chi connectivity index (χ3n) is 6.39. The second-order valence-electron chi connectivity index (χ2n) is 8.25. The lowest BCUT2D eigenvalue weighted by atomic mass is 9.62. The minimum absolute atomic E-state index is 0.151. The quantitative estimate of drug-likeness (QED) is 0.781. The highest BCUT2D eigenvalue weighted by Gasteiger charge is 2.51. The summed E-state index contributed by atoms with van der Waals surface area (Å²) in [4.78, 5) is 12.2. The van der Waals surface area contributed by atoms with E-state index >= 15 is 0 Å². The van der Waals surface area contributed by atoms with E-state index in [1.54, 1.807) is 0 Å². The highest BCUT2D eigenvalue weighted by atomic mass is 16.3. The van der Waals surface area contributed by atoms with Crippen LogP contribution in [0, 0.1) is 29.1 Å². The number of carbonyl (C=O) groups is 1. The van der Waals surface area contributed by atoms with Crippen LogP contribution >= 0.6 is 0 Å². The van der Waals surface area contributed by atoms with Crippen LogP contribution in [0.25, 0.3) is 0 Å². The van der Waals surface area contributed by atoms with Crippen LogP contribution in [0.2, 0.25) is 0 Å². The maximum atomic E-state index is 12.2. The number of rotatable bonds is 4. The minimum atomic E-state index is -0.668. The van der Waals surface area contributed by atoms with Crippen molar-refractivity contribution in [3.8, 4) is 0 Å². The van der Waals surface area contributed by atoms with Gasteiger partial charge in [-0.3, -0.25) is 4.79 Å². The fraction of sp³-hybridized carbons (Fsp3) is 0.842. The SMILES string of the molecule is C[C@H](C=C[C@H](C)[C@H]1CCC2C(=O)CCC[C@@]21C)C(C)(C)O. The van der Waals surface area contributed by atoms with E-state index in [9.17, 15) is 9.90 Å². The molecule has 2 saturated carbocycles. The van der Waals surface area contributed by atoms with Gasteiger partial charge < -0.3 is 5.11 Å². The molecule has 2 aliphatic rings. The van der Waals surface area contributed by atoms with E-state index in [1.807, 2.05) is 13.8 Å². The standard InChI is InChI=1S/C19H32O2/c1-13(8-9-14(2)18(3,4)21)15-10-11-16-17(20)7-6-12-19(15,16)5/h8-9,13-16,21H,6-7,10-12H2,1-5H3/t13-,14+,15+,16?,19+/m0/s1. The number of allylic oxidation sites excluding steroid dienone is 1. The Kier molecular flexibility index (Phi) is 4.68. The zero-order valence-electron chi connectivity index (χ0n) is 14.4. The Hall–Kier alpha value is -0.630. The molecule has 0 bridgehead atoms. The molecule has 120 valence electrons. The maximum absolute atomic E-state index is 12.2. The summed E-state index contributed by atoms with van der Waals surface area (Å²) in [6.45, 7) is 10.4. The Morgan fingerprint density at radius 2 is 1.95 bits per heavy atom. The first-order valence-corrected chi connectivity index (χ1v) is 8.59. The molecule has 1 N–H and O–H groups in total. The number of fused-ring (bicyclic) bond motifs is 1.